The summed E-state index contributed by atoms with van der Waals surface area (Å²) < 4.78 is 18.9. The van der Waals surface area contributed by atoms with Gasteiger partial charge in [-0.2, -0.15) is 0 Å². The molecular formula is C28H36FN5O4. The Balaban J connectivity index is 1.47. The van der Waals surface area contributed by atoms with Crippen molar-refractivity contribution >= 4 is 17.8 Å². The molecule has 0 spiro atoms. The van der Waals surface area contributed by atoms with Crippen molar-refractivity contribution in [3.8, 4) is 0 Å². The van der Waals surface area contributed by atoms with Crippen LogP contribution in [0.2, 0.25) is 0 Å². The number of carbonyl (C=O) groups is 3. The molecule has 2 fully saturated rings. The van der Waals surface area contributed by atoms with Crippen LogP contribution in [-0.4, -0.2) is 83.2 Å². The fourth-order valence-electron chi connectivity index (χ4n) is 4.98. The van der Waals surface area contributed by atoms with E-state index in [1.165, 1.54) is 12.1 Å². The van der Waals surface area contributed by atoms with Crippen LogP contribution in [0.5, 0.6) is 0 Å². The summed E-state index contributed by atoms with van der Waals surface area (Å²) in [6.45, 7) is 5.45. The molecule has 0 aromatic heterocycles. The molecule has 204 valence electrons. The normalized spacial score (nSPS) is 20.2. The predicted molar refractivity (Wildman–Crippen MR) is 140 cm³/mol. The van der Waals surface area contributed by atoms with Gasteiger partial charge in [0.05, 0.1) is 26.3 Å². The summed E-state index contributed by atoms with van der Waals surface area (Å²) in [4.78, 5) is 43.4. The van der Waals surface area contributed by atoms with Crippen molar-refractivity contribution in [2.75, 3.05) is 33.3 Å². The van der Waals surface area contributed by atoms with Crippen LogP contribution >= 0.6 is 0 Å². The first-order valence-electron chi connectivity index (χ1n) is 13.0. The molecule has 0 bridgehead atoms. The van der Waals surface area contributed by atoms with Crippen LogP contribution in [0.4, 0.5) is 9.18 Å². The fraction of sp³-hybridized carbons (Fsp3) is 0.464. The van der Waals surface area contributed by atoms with Crippen molar-refractivity contribution in [1.82, 2.24) is 25.1 Å². The summed E-state index contributed by atoms with van der Waals surface area (Å²) in [6, 6.07) is 14.7. The number of urea groups is 1. The molecule has 9 nitrogen and oxygen atoms in total. The van der Waals surface area contributed by atoms with Gasteiger partial charge in [0.15, 0.2) is 0 Å². The zero-order chi connectivity index (χ0) is 27.2. The van der Waals surface area contributed by atoms with Gasteiger partial charge in [-0.05, 0) is 35.6 Å². The van der Waals surface area contributed by atoms with Crippen LogP contribution in [0.3, 0.4) is 0 Å². The highest BCUT2D eigenvalue weighted by Crippen LogP contribution is 2.28. The number of hydrogen-bond donors (Lipinski definition) is 1. The van der Waals surface area contributed by atoms with E-state index in [0.717, 1.165) is 11.1 Å². The van der Waals surface area contributed by atoms with Gasteiger partial charge in [0.25, 0.3) is 0 Å². The number of amides is 4. The molecule has 0 saturated carbocycles. The molecule has 38 heavy (non-hydrogen) atoms. The summed E-state index contributed by atoms with van der Waals surface area (Å²) in [5, 5.41) is 6.13. The highest BCUT2D eigenvalue weighted by molar-refractivity contribution is 5.91. The minimum absolute atomic E-state index is 0.0118. The van der Waals surface area contributed by atoms with E-state index >= 15 is 0 Å². The van der Waals surface area contributed by atoms with E-state index in [1.54, 1.807) is 39.0 Å². The maximum atomic E-state index is 13.5. The molecule has 0 radical (unpaired) electrons. The number of benzene rings is 2. The Kier molecular flexibility index (Phi) is 8.96. The van der Waals surface area contributed by atoms with Crippen molar-refractivity contribution in [3.05, 3.63) is 71.5 Å². The number of likely N-dealkylation sites (N-methyl/N-ethyl adjacent to an activating group) is 1. The lowest BCUT2D eigenvalue weighted by Gasteiger charge is -2.54. The van der Waals surface area contributed by atoms with Gasteiger partial charge in [-0.25, -0.2) is 19.2 Å². The number of piperazine rings is 1. The van der Waals surface area contributed by atoms with Gasteiger partial charge in [-0.15, -0.1) is 0 Å². The van der Waals surface area contributed by atoms with Gasteiger partial charge < -0.3 is 19.9 Å². The van der Waals surface area contributed by atoms with Gasteiger partial charge in [0.1, 0.15) is 18.0 Å². The minimum atomic E-state index is -0.656. The largest absolute Gasteiger partial charge is 0.375 e. The summed E-state index contributed by atoms with van der Waals surface area (Å²) in [5.74, 6) is -0.441. The van der Waals surface area contributed by atoms with Gasteiger partial charge in [0, 0.05) is 20.1 Å². The SMILES string of the molecule is CC(C)C[C@H]1C(=O)N(CCOCc2ccc(F)cc2)C[C@H]2N1C(=O)CN(C)N2C(=O)NCc1ccccc1. The van der Waals surface area contributed by atoms with E-state index in [1.807, 2.05) is 44.2 Å². The van der Waals surface area contributed by atoms with Crippen LogP contribution in [0.15, 0.2) is 54.6 Å². The number of hydrazine groups is 1. The van der Waals surface area contributed by atoms with Crippen LogP contribution in [0, 0.1) is 11.7 Å². The molecule has 2 aromatic rings. The molecular weight excluding hydrogens is 489 g/mol. The van der Waals surface area contributed by atoms with Crippen molar-refractivity contribution in [1.29, 1.82) is 0 Å². The number of halogens is 1. The van der Waals surface area contributed by atoms with E-state index < -0.39 is 12.2 Å². The molecule has 2 saturated heterocycles. The van der Waals surface area contributed by atoms with Gasteiger partial charge in [-0.3, -0.25) is 9.59 Å². The topological polar surface area (TPSA) is 85.4 Å². The number of fused-ring (bicyclic) bond motifs is 1. The second kappa shape index (κ2) is 12.4. The number of rotatable bonds is 9. The van der Waals surface area contributed by atoms with Gasteiger partial charge in [0.2, 0.25) is 11.8 Å². The average molecular weight is 526 g/mol. The molecule has 2 heterocycles. The Morgan fingerprint density at radius 2 is 1.79 bits per heavy atom. The summed E-state index contributed by atoms with van der Waals surface area (Å²) in [7, 11) is 1.71. The third-order valence-corrected chi connectivity index (χ3v) is 6.82. The standard InChI is InChI=1S/C28H36FN5O4/c1-20(2)15-24-27(36)32(13-14-38-19-22-9-11-23(29)12-10-22)17-25-33(24)26(35)18-31(3)34(25)28(37)30-16-21-7-5-4-6-8-21/h4-12,20,24-25H,13-19H2,1-3H3,(H,30,37)/t24-,25-/m0/s1. The maximum absolute atomic E-state index is 13.5. The first kappa shape index (κ1) is 27.5. The molecule has 10 heteroatoms. The van der Waals surface area contributed by atoms with Crippen molar-refractivity contribution < 1.29 is 23.5 Å². The Morgan fingerprint density at radius 1 is 1.08 bits per heavy atom. The third kappa shape index (κ3) is 6.49. The molecule has 4 amide bonds. The zero-order valence-corrected chi connectivity index (χ0v) is 22.2. The van der Waals surface area contributed by atoms with Crippen LogP contribution in [0.25, 0.3) is 0 Å². The highest BCUT2D eigenvalue weighted by atomic mass is 19.1. The van der Waals surface area contributed by atoms with Gasteiger partial charge in [-0.1, -0.05) is 56.3 Å². The monoisotopic (exact) mass is 525 g/mol. The molecule has 4 rings (SSSR count). The van der Waals surface area contributed by atoms with Crippen LogP contribution < -0.4 is 5.32 Å². The smallest absolute Gasteiger partial charge is 0.334 e. The van der Waals surface area contributed by atoms with Crippen LogP contribution in [0.1, 0.15) is 31.4 Å². The molecule has 0 aliphatic carbocycles. The summed E-state index contributed by atoms with van der Waals surface area (Å²) in [5.41, 5.74) is 1.80. The number of carbonyl (C=O) groups excluding carboxylic acids is 3. The first-order chi connectivity index (χ1) is 18.2. The van der Waals surface area contributed by atoms with E-state index in [2.05, 4.69) is 5.32 Å². The van der Waals surface area contributed by atoms with Crippen LogP contribution in [-0.2, 0) is 27.5 Å². The van der Waals surface area contributed by atoms with Crippen molar-refractivity contribution in [2.45, 2.75) is 45.6 Å². The summed E-state index contributed by atoms with van der Waals surface area (Å²) in [6.07, 6.45) is -0.132. The Bertz CT molecular complexity index is 1110. The average Bonchev–Trinajstić information content (AvgIpc) is 2.88. The van der Waals surface area contributed by atoms with E-state index in [-0.39, 0.29) is 49.3 Å². The van der Waals surface area contributed by atoms with Gasteiger partial charge >= 0.3 is 6.03 Å². The summed E-state index contributed by atoms with van der Waals surface area (Å²) >= 11 is 0. The molecule has 2 aliphatic heterocycles. The number of ether oxygens (including phenoxy) is 1. The predicted octanol–water partition coefficient (Wildman–Crippen LogP) is 2.83. The Morgan fingerprint density at radius 3 is 2.47 bits per heavy atom. The number of nitrogens with one attached hydrogen (secondary N) is 1. The molecule has 2 aliphatic rings. The maximum Gasteiger partial charge on any atom is 0.334 e. The van der Waals surface area contributed by atoms with E-state index in [4.69, 9.17) is 4.74 Å². The van der Waals surface area contributed by atoms with Crippen molar-refractivity contribution in [2.24, 2.45) is 5.92 Å². The quantitative estimate of drug-likeness (QED) is 0.509. The van der Waals surface area contributed by atoms with E-state index in [9.17, 15) is 18.8 Å². The number of nitrogens with zero attached hydrogens (tertiary/aromatic N) is 4. The number of hydrogen-bond acceptors (Lipinski definition) is 5. The second-order valence-electron chi connectivity index (χ2n) is 10.2. The highest BCUT2D eigenvalue weighted by Gasteiger charge is 2.50. The van der Waals surface area contributed by atoms with E-state index in [0.29, 0.717) is 26.1 Å². The second-order valence-corrected chi connectivity index (χ2v) is 10.2. The first-order valence-corrected chi connectivity index (χ1v) is 13.0. The Hall–Kier alpha value is -3.50. The lowest BCUT2D eigenvalue weighted by atomic mass is 9.97. The Labute approximate surface area is 223 Å². The fourth-order valence-corrected chi connectivity index (χ4v) is 4.98. The molecule has 1 N–H and O–H groups in total. The lowest BCUT2D eigenvalue weighted by Crippen LogP contribution is -2.76. The zero-order valence-electron chi connectivity index (χ0n) is 22.2. The third-order valence-electron chi connectivity index (χ3n) is 6.82. The molecule has 2 atom stereocenters. The lowest BCUT2D eigenvalue weighted by molar-refractivity contribution is -0.188. The van der Waals surface area contributed by atoms with Crippen molar-refractivity contribution in [3.63, 3.8) is 0 Å². The molecule has 0 unspecified atom stereocenters. The molecule has 2 aromatic carbocycles. The minimum Gasteiger partial charge on any atom is -0.375 e.